The van der Waals surface area contributed by atoms with Gasteiger partial charge in [-0.15, -0.1) is 0 Å². The molecule has 0 bridgehead atoms. The summed E-state index contributed by atoms with van der Waals surface area (Å²) >= 11 is 0. The first-order valence-electron chi connectivity index (χ1n) is 3.96. The summed E-state index contributed by atoms with van der Waals surface area (Å²) in [5, 5.41) is 10.9. The minimum Gasteiger partial charge on any atom is -0.0652 e. The summed E-state index contributed by atoms with van der Waals surface area (Å²) in [4.78, 5) is 1.62. The zero-order valence-corrected chi connectivity index (χ0v) is 7.33. The molecule has 0 aromatic carbocycles. The Kier molecular flexibility index (Phi) is 2.57. The van der Waals surface area contributed by atoms with Crippen LogP contribution in [0.4, 0.5) is 0 Å². The molecule has 0 aliphatic carbocycles. The van der Waals surface area contributed by atoms with Gasteiger partial charge in [-0.1, -0.05) is 18.6 Å². The maximum atomic E-state index is 4.13. The molecule has 1 aromatic rings. The smallest absolute Gasteiger partial charge is 0.0652 e. The van der Waals surface area contributed by atoms with E-state index in [9.17, 15) is 0 Å². The van der Waals surface area contributed by atoms with Gasteiger partial charge in [0.05, 0.1) is 5.10 Å². The van der Waals surface area contributed by atoms with Gasteiger partial charge in [-0.25, -0.2) is 0 Å². The molecule has 4 heteroatoms. The van der Waals surface area contributed by atoms with Crippen molar-refractivity contribution in [1.29, 1.82) is 0 Å². The topological polar surface area (TPSA) is 45.5 Å². The van der Waals surface area contributed by atoms with Crippen LogP contribution in [0.1, 0.15) is 26.1 Å². The maximum absolute atomic E-state index is 4.13. The van der Waals surface area contributed by atoms with Gasteiger partial charge in [0.25, 0.3) is 0 Å². The minimum absolute atomic E-state index is 0.721. The van der Waals surface area contributed by atoms with E-state index in [0.29, 0.717) is 0 Å². The van der Waals surface area contributed by atoms with E-state index in [2.05, 4.69) is 29.3 Å². The lowest BCUT2D eigenvalue weighted by molar-refractivity contribution is -0.784. The molecule has 0 aliphatic heterocycles. The summed E-state index contributed by atoms with van der Waals surface area (Å²) in [5.41, 5.74) is 0. The Hall–Kier alpha value is -0.930. The molecule has 1 rings (SSSR count). The summed E-state index contributed by atoms with van der Waals surface area (Å²) in [6.07, 6.45) is 2.12. The van der Waals surface area contributed by atoms with Crippen molar-refractivity contribution < 1.29 is 4.80 Å². The molecule has 0 atom stereocenters. The molecule has 1 aromatic heterocycles. The predicted molar refractivity (Wildman–Crippen MR) is 40.7 cm³/mol. The van der Waals surface area contributed by atoms with Gasteiger partial charge in [0.15, 0.2) is 0 Å². The summed E-state index contributed by atoms with van der Waals surface area (Å²) < 4.78 is 0. The fourth-order valence-corrected chi connectivity index (χ4v) is 0.872. The maximum Gasteiger partial charge on any atom is 0.308 e. The van der Waals surface area contributed by atoms with Crippen LogP contribution in [0.15, 0.2) is 0 Å². The second-order valence-corrected chi connectivity index (χ2v) is 3.18. The van der Waals surface area contributed by atoms with Crippen LogP contribution in [-0.4, -0.2) is 15.4 Å². The lowest BCUT2D eigenvalue weighted by Gasteiger charge is -1.96. The van der Waals surface area contributed by atoms with E-state index in [1.54, 1.807) is 4.80 Å². The highest BCUT2D eigenvalue weighted by Gasteiger charge is 2.08. The van der Waals surface area contributed by atoms with Crippen molar-refractivity contribution in [1.82, 2.24) is 15.4 Å². The first kappa shape index (κ1) is 8.17. The summed E-state index contributed by atoms with van der Waals surface area (Å²) in [6.45, 7) is 4.40. The Balaban J connectivity index is 2.39. The van der Waals surface area contributed by atoms with Gasteiger partial charge in [0.2, 0.25) is 0 Å². The van der Waals surface area contributed by atoms with Crippen LogP contribution in [0, 0.1) is 5.92 Å². The Morgan fingerprint density at radius 3 is 2.73 bits per heavy atom. The van der Waals surface area contributed by atoms with E-state index in [0.717, 1.165) is 24.6 Å². The van der Waals surface area contributed by atoms with Crippen molar-refractivity contribution in [2.45, 2.75) is 26.7 Å². The van der Waals surface area contributed by atoms with E-state index in [1.807, 2.05) is 7.05 Å². The summed E-state index contributed by atoms with van der Waals surface area (Å²) in [5.74, 6) is 1.63. The third-order valence-electron chi connectivity index (χ3n) is 1.53. The van der Waals surface area contributed by atoms with Crippen LogP contribution in [0.2, 0.25) is 0 Å². The quantitative estimate of drug-likeness (QED) is 0.634. The number of hydrogen-bond donors (Lipinski definition) is 1. The first-order chi connectivity index (χ1) is 5.18. The molecule has 1 N–H and O–H groups in total. The number of rotatable bonds is 3. The molecule has 0 saturated carbocycles. The molecule has 11 heavy (non-hydrogen) atoms. The van der Waals surface area contributed by atoms with Crippen molar-refractivity contribution in [2.75, 3.05) is 0 Å². The van der Waals surface area contributed by atoms with Gasteiger partial charge < -0.3 is 0 Å². The van der Waals surface area contributed by atoms with Gasteiger partial charge in [-0.05, 0) is 22.7 Å². The number of aromatic nitrogens is 4. The van der Waals surface area contributed by atoms with Crippen molar-refractivity contribution in [3.63, 3.8) is 0 Å². The molecule has 4 nitrogen and oxygen atoms in total. The highest BCUT2D eigenvalue weighted by molar-refractivity contribution is 4.74. The minimum atomic E-state index is 0.721. The lowest BCUT2D eigenvalue weighted by Crippen LogP contribution is -2.33. The molecule has 0 saturated heterocycles. The molecule has 0 fully saturated rings. The van der Waals surface area contributed by atoms with Gasteiger partial charge in [0.1, 0.15) is 7.05 Å². The predicted octanol–water partition coefficient (Wildman–Crippen LogP) is 0.218. The van der Waals surface area contributed by atoms with Crippen LogP contribution in [-0.2, 0) is 13.5 Å². The second kappa shape index (κ2) is 3.46. The highest BCUT2D eigenvalue weighted by Crippen LogP contribution is 2.02. The molecular weight excluding hydrogens is 140 g/mol. The van der Waals surface area contributed by atoms with Crippen molar-refractivity contribution >= 4 is 0 Å². The normalized spacial score (nSPS) is 10.9. The van der Waals surface area contributed by atoms with Gasteiger partial charge >= 0.3 is 5.82 Å². The SMILES string of the molecule is CC(C)CCc1n[nH][n+](C)n1. The Labute approximate surface area is 66.6 Å². The third kappa shape index (κ3) is 2.65. The molecule has 0 unspecified atom stereocenters. The number of nitrogens with zero attached hydrogens (tertiary/aromatic N) is 3. The number of H-pyrrole nitrogens is 1. The van der Waals surface area contributed by atoms with Crippen molar-refractivity contribution in [2.24, 2.45) is 13.0 Å². The Bertz CT molecular complexity index is 216. The molecule has 0 amide bonds. The average molecular weight is 155 g/mol. The zero-order valence-electron chi connectivity index (χ0n) is 7.33. The van der Waals surface area contributed by atoms with Crippen molar-refractivity contribution in [3.05, 3.63) is 5.82 Å². The van der Waals surface area contributed by atoms with E-state index in [1.165, 1.54) is 0 Å². The highest BCUT2D eigenvalue weighted by atomic mass is 15.6. The lowest BCUT2D eigenvalue weighted by atomic mass is 10.1. The molecule has 0 aliphatic rings. The third-order valence-corrected chi connectivity index (χ3v) is 1.53. The zero-order chi connectivity index (χ0) is 8.27. The number of tetrazole rings is 1. The largest absolute Gasteiger partial charge is 0.308 e. The van der Waals surface area contributed by atoms with E-state index >= 15 is 0 Å². The van der Waals surface area contributed by atoms with E-state index in [-0.39, 0.29) is 0 Å². The summed E-state index contributed by atoms with van der Waals surface area (Å²) in [7, 11) is 1.84. The number of nitrogens with one attached hydrogen (secondary N) is 1. The van der Waals surface area contributed by atoms with Gasteiger partial charge in [-0.3, -0.25) is 0 Å². The molecule has 62 valence electrons. The monoisotopic (exact) mass is 155 g/mol. The molecule has 0 spiro atoms. The Morgan fingerprint density at radius 2 is 2.27 bits per heavy atom. The van der Waals surface area contributed by atoms with E-state index < -0.39 is 0 Å². The fraction of sp³-hybridized carbons (Fsp3) is 0.857. The van der Waals surface area contributed by atoms with Gasteiger partial charge in [0, 0.05) is 6.42 Å². The average Bonchev–Trinajstić information content (AvgIpc) is 2.31. The molecule has 1 heterocycles. The standard InChI is InChI=1S/C7H14N4/c1-6(2)4-5-7-8-10-11(3)9-7/h6H,4-5H2,1-3H3/p+1. The van der Waals surface area contributed by atoms with Crippen LogP contribution in [0.5, 0.6) is 0 Å². The fourth-order valence-electron chi connectivity index (χ4n) is 0.872. The van der Waals surface area contributed by atoms with E-state index in [4.69, 9.17) is 0 Å². The van der Waals surface area contributed by atoms with Crippen molar-refractivity contribution in [3.8, 4) is 0 Å². The van der Waals surface area contributed by atoms with Crippen LogP contribution >= 0.6 is 0 Å². The molecule has 0 radical (unpaired) electrons. The van der Waals surface area contributed by atoms with Crippen LogP contribution < -0.4 is 4.80 Å². The van der Waals surface area contributed by atoms with Crippen LogP contribution in [0.3, 0.4) is 0 Å². The van der Waals surface area contributed by atoms with Gasteiger partial charge in [-0.2, -0.15) is 0 Å². The Morgan fingerprint density at radius 1 is 1.55 bits per heavy atom. The first-order valence-corrected chi connectivity index (χ1v) is 3.96. The number of aromatic amines is 1. The van der Waals surface area contributed by atoms with Crippen LogP contribution in [0.25, 0.3) is 0 Å². The second-order valence-electron chi connectivity index (χ2n) is 3.18. The summed E-state index contributed by atoms with van der Waals surface area (Å²) in [6, 6.07) is 0. The molecular formula is C7H15N4+. The number of hydrogen-bond acceptors (Lipinski definition) is 2. The number of aryl methyl sites for hydroxylation is 2.